The van der Waals surface area contributed by atoms with Crippen molar-refractivity contribution >= 4 is 11.6 Å². The summed E-state index contributed by atoms with van der Waals surface area (Å²) >= 11 is 0. The minimum atomic E-state index is -0.658. The van der Waals surface area contributed by atoms with Crippen LogP contribution in [-0.2, 0) is 4.79 Å². The molecule has 6 heteroatoms. The molecule has 1 unspecified atom stereocenters. The molecule has 0 saturated carbocycles. The van der Waals surface area contributed by atoms with Crippen LogP contribution in [-0.4, -0.2) is 11.6 Å². The number of nitrogens with zero attached hydrogens (tertiary/aromatic N) is 2. The van der Waals surface area contributed by atoms with E-state index in [1.165, 1.54) is 68.9 Å². The first-order valence-electron chi connectivity index (χ1n) is 13.2. The highest BCUT2D eigenvalue weighted by molar-refractivity contribution is 5.93. The van der Waals surface area contributed by atoms with E-state index in [9.17, 15) is 4.79 Å². The van der Waals surface area contributed by atoms with Gasteiger partial charge in [-0.25, -0.2) is 5.53 Å². The van der Waals surface area contributed by atoms with Crippen molar-refractivity contribution in [3.05, 3.63) is 29.3 Å². The lowest BCUT2D eigenvalue weighted by Gasteiger charge is -2.25. The van der Waals surface area contributed by atoms with Crippen LogP contribution in [0.2, 0.25) is 0 Å². The van der Waals surface area contributed by atoms with Gasteiger partial charge in [0.1, 0.15) is 0 Å². The molecule has 0 bridgehead atoms. The molecule has 0 aliphatic carbocycles. The number of rotatable bonds is 16. The highest BCUT2D eigenvalue weighted by Gasteiger charge is 2.35. The maximum atomic E-state index is 13.1. The smallest absolute Gasteiger partial charge is 0.228 e. The molecule has 1 aromatic carbocycles. The maximum Gasteiger partial charge on any atom is 0.228 e. The normalized spacial score (nSPS) is 17.7. The molecule has 1 aliphatic rings. The predicted molar refractivity (Wildman–Crippen MR) is 138 cm³/mol. The van der Waals surface area contributed by atoms with Crippen molar-refractivity contribution in [2.24, 2.45) is 10.3 Å². The largest absolute Gasteiger partial charge is 0.325 e. The molecule has 1 heterocycles. The number of unbranched alkanes of at least 4 members (excludes halogenated alkanes) is 9. The zero-order valence-corrected chi connectivity index (χ0v) is 21.7. The number of hydrazine groups is 1. The molecule has 0 spiro atoms. The first-order valence-corrected chi connectivity index (χ1v) is 13.2. The first kappa shape index (κ1) is 27.3. The van der Waals surface area contributed by atoms with E-state index < -0.39 is 5.66 Å². The third-order valence-corrected chi connectivity index (χ3v) is 6.61. The summed E-state index contributed by atoms with van der Waals surface area (Å²) in [6, 6.07) is 6.31. The molecule has 0 saturated heterocycles. The zero-order valence-electron chi connectivity index (χ0n) is 21.7. The van der Waals surface area contributed by atoms with Gasteiger partial charge < -0.3 is 5.32 Å². The van der Waals surface area contributed by atoms with Gasteiger partial charge >= 0.3 is 0 Å². The van der Waals surface area contributed by atoms with E-state index in [0.29, 0.717) is 11.8 Å². The van der Waals surface area contributed by atoms with Crippen LogP contribution in [0.4, 0.5) is 5.69 Å². The topological polar surface area (TPSA) is 77.9 Å². The Morgan fingerprint density at radius 3 is 1.94 bits per heavy atom. The quantitative estimate of drug-likeness (QED) is 0.222. The van der Waals surface area contributed by atoms with E-state index in [2.05, 4.69) is 79.4 Å². The summed E-state index contributed by atoms with van der Waals surface area (Å²) in [5, 5.41) is 11.5. The van der Waals surface area contributed by atoms with Crippen molar-refractivity contribution in [3.8, 4) is 0 Å². The van der Waals surface area contributed by atoms with E-state index in [-0.39, 0.29) is 12.3 Å². The third-order valence-electron chi connectivity index (χ3n) is 6.61. The van der Waals surface area contributed by atoms with E-state index in [1.54, 1.807) is 0 Å². The number of carbonyl (C=O) groups excluding carboxylic acids is 1. The fraction of sp³-hybridized carbons (Fsp3) is 0.741. The molecule has 33 heavy (non-hydrogen) atoms. The Bertz CT molecular complexity index is 720. The second-order valence-corrected chi connectivity index (χ2v) is 10.2. The predicted octanol–water partition coefficient (Wildman–Crippen LogP) is 7.74. The lowest BCUT2D eigenvalue weighted by Crippen LogP contribution is -2.46. The van der Waals surface area contributed by atoms with Crippen molar-refractivity contribution in [3.63, 3.8) is 0 Å². The molecule has 186 valence electrons. The second-order valence-electron chi connectivity index (χ2n) is 10.2. The second kappa shape index (κ2) is 14.3. The van der Waals surface area contributed by atoms with E-state index in [4.69, 9.17) is 0 Å². The van der Waals surface area contributed by atoms with Crippen LogP contribution in [0.1, 0.15) is 135 Å². The number of nitrogens with one attached hydrogen (secondary N) is 3. The Kier molecular flexibility index (Phi) is 11.9. The fourth-order valence-electron chi connectivity index (χ4n) is 4.60. The van der Waals surface area contributed by atoms with Gasteiger partial charge in [0.15, 0.2) is 5.66 Å². The monoisotopic (exact) mass is 457 g/mol. The van der Waals surface area contributed by atoms with Gasteiger partial charge in [-0.3, -0.25) is 4.79 Å². The number of anilines is 1. The fourth-order valence-corrected chi connectivity index (χ4v) is 4.60. The van der Waals surface area contributed by atoms with Crippen LogP contribution in [0.5, 0.6) is 0 Å². The van der Waals surface area contributed by atoms with Gasteiger partial charge in [-0.05, 0) is 35.8 Å². The number of hydrogen-bond donors (Lipinski definition) is 3. The Hall–Kier alpha value is -1.95. The molecule has 0 aromatic heterocycles. The number of para-hydroxylation sites is 1. The minimum absolute atomic E-state index is 0.0211. The summed E-state index contributed by atoms with van der Waals surface area (Å²) in [5.74, 6) is 0.656. The van der Waals surface area contributed by atoms with Crippen LogP contribution >= 0.6 is 0 Å². The van der Waals surface area contributed by atoms with Crippen molar-refractivity contribution in [1.82, 2.24) is 11.0 Å². The van der Waals surface area contributed by atoms with Crippen LogP contribution in [0.15, 0.2) is 28.5 Å². The number of benzene rings is 1. The average Bonchev–Trinajstić information content (AvgIpc) is 3.23. The summed E-state index contributed by atoms with van der Waals surface area (Å²) in [6.45, 7) is 10.9. The van der Waals surface area contributed by atoms with Gasteiger partial charge in [0.25, 0.3) is 0 Å². The van der Waals surface area contributed by atoms with Crippen LogP contribution in [0.25, 0.3) is 0 Å². The molecule has 6 nitrogen and oxygen atoms in total. The van der Waals surface area contributed by atoms with Crippen molar-refractivity contribution in [2.45, 2.75) is 129 Å². The summed E-state index contributed by atoms with van der Waals surface area (Å²) in [5.41, 5.74) is 8.56. The summed E-state index contributed by atoms with van der Waals surface area (Å²) in [4.78, 5) is 13.1. The van der Waals surface area contributed by atoms with Crippen LogP contribution in [0, 0.1) is 0 Å². The van der Waals surface area contributed by atoms with Crippen LogP contribution < -0.4 is 16.3 Å². The standard InChI is InChI=1S/C27H47N5O/c1-6-7-8-9-10-11-12-13-14-15-19-27(29-31-32-30-27)20-25(33)28-26-23(21(2)3)17-16-18-24(26)22(4)5/h16-18,21-22H,6-15,19-20H2,1-5H3,(H,28,33)(H,29,32)(H,30,31). The molecule has 1 aliphatic heterocycles. The highest BCUT2D eigenvalue weighted by atomic mass is 16.1. The summed E-state index contributed by atoms with van der Waals surface area (Å²) in [6.07, 6.45) is 14.0. The van der Waals surface area contributed by atoms with Gasteiger partial charge in [0.05, 0.1) is 6.42 Å². The zero-order chi connectivity index (χ0) is 24.1. The lowest BCUT2D eigenvalue weighted by atomic mass is 9.92. The van der Waals surface area contributed by atoms with Gasteiger partial charge in [-0.1, -0.05) is 116 Å². The van der Waals surface area contributed by atoms with Gasteiger partial charge in [0.2, 0.25) is 5.91 Å². The van der Waals surface area contributed by atoms with Crippen molar-refractivity contribution < 1.29 is 4.79 Å². The van der Waals surface area contributed by atoms with Gasteiger partial charge in [-0.2, -0.15) is 5.43 Å². The highest BCUT2D eigenvalue weighted by Crippen LogP contribution is 2.33. The Morgan fingerprint density at radius 2 is 1.45 bits per heavy atom. The number of amides is 1. The molecule has 3 N–H and O–H groups in total. The first-order chi connectivity index (χ1) is 15.9. The number of carbonyl (C=O) groups is 1. The SMILES string of the molecule is CCCCCCCCCCCCC1(CC(=O)Nc2c(C(C)C)cccc2C(C)C)N=NNN1. The Balaban J connectivity index is 1.85. The Morgan fingerprint density at radius 1 is 0.909 bits per heavy atom. The van der Waals surface area contributed by atoms with E-state index >= 15 is 0 Å². The average molecular weight is 458 g/mol. The van der Waals surface area contributed by atoms with Gasteiger partial charge in [0, 0.05) is 5.69 Å². The minimum Gasteiger partial charge on any atom is -0.325 e. The summed E-state index contributed by atoms with van der Waals surface area (Å²) in [7, 11) is 0. The third kappa shape index (κ3) is 9.07. The number of hydrogen-bond acceptors (Lipinski definition) is 5. The molecule has 1 atom stereocenters. The lowest BCUT2D eigenvalue weighted by molar-refractivity contribution is -0.117. The van der Waals surface area contributed by atoms with Crippen LogP contribution in [0.3, 0.4) is 0 Å². The maximum absolute atomic E-state index is 13.1. The molecular formula is C27H47N5O. The van der Waals surface area contributed by atoms with E-state index in [1.807, 2.05) is 0 Å². The molecule has 0 fully saturated rings. The summed E-state index contributed by atoms with van der Waals surface area (Å²) < 4.78 is 0. The molecule has 1 amide bonds. The molecule has 2 rings (SSSR count). The van der Waals surface area contributed by atoms with Gasteiger partial charge in [-0.15, -0.1) is 5.11 Å². The Labute approximate surface area is 201 Å². The van der Waals surface area contributed by atoms with E-state index in [0.717, 1.165) is 18.5 Å². The van der Waals surface area contributed by atoms with Crippen molar-refractivity contribution in [1.29, 1.82) is 0 Å². The molecule has 0 radical (unpaired) electrons. The molecule has 1 aromatic rings. The molecular weight excluding hydrogens is 410 g/mol. The van der Waals surface area contributed by atoms with Crippen molar-refractivity contribution in [2.75, 3.05) is 5.32 Å².